The van der Waals surface area contributed by atoms with E-state index in [1.54, 1.807) is 12.7 Å². The molecule has 0 amide bonds. The first-order valence-electron chi connectivity index (χ1n) is 9.62. The zero-order valence-electron chi connectivity index (χ0n) is 16.1. The van der Waals surface area contributed by atoms with Crippen molar-refractivity contribution >= 4 is 5.57 Å². The molecule has 0 fully saturated rings. The van der Waals surface area contributed by atoms with E-state index in [4.69, 9.17) is 4.74 Å². The number of methoxy groups -OCH3 is 1. The summed E-state index contributed by atoms with van der Waals surface area (Å²) in [6.45, 7) is 6.63. The van der Waals surface area contributed by atoms with Gasteiger partial charge in [-0.05, 0) is 78.8 Å². The third kappa shape index (κ3) is 3.81. The minimum absolute atomic E-state index is 0.654. The minimum Gasteiger partial charge on any atom is -0.496 e. The Morgan fingerprint density at radius 3 is 2.52 bits per heavy atom. The molecule has 0 N–H and O–H groups in total. The fraction of sp³-hybridized carbons (Fsp3) is 0.417. The van der Waals surface area contributed by atoms with Gasteiger partial charge in [0.05, 0.1) is 7.11 Å². The molecule has 0 radical (unpaired) electrons. The number of allylic oxidation sites excluding steroid dienone is 2. The molecule has 0 saturated heterocycles. The van der Waals surface area contributed by atoms with Gasteiger partial charge in [0.1, 0.15) is 5.75 Å². The summed E-state index contributed by atoms with van der Waals surface area (Å²) in [6.07, 6.45) is 8.17. The molecule has 0 aliphatic heterocycles. The first kappa shape index (κ1) is 17.8. The highest BCUT2D eigenvalue weighted by molar-refractivity contribution is 5.71. The zero-order chi connectivity index (χ0) is 17.8. The molecule has 0 aromatic heterocycles. The molecule has 0 unspecified atom stereocenters. The highest BCUT2D eigenvalue weighted by atomic mass is 16.5. The third-order valence-corrected chi connectivity index (χ3v) is 5.55. The Morgan fingerprint density at radius 2 is 1.88 bits per heavy atom. The first-order valence-corrected chi connectivity index (χ1v) is 9.62. The van der Waals surface area contributed by atoms with E-state index in [0.29, 0.717) is 5.92 Å². The van der Waals surface area contributed by atoms with Crippen LogP contribution in [0.1, 0.15) is 66.8 Å². The van der Waals surface area contributed by atoms with Crippen LogP contribution in [0.2, 0.25) is 0 Å². The van der Waals surface area contributed by atoms with Crippen LogP contribution >= 0.6 is 0 Å². The third-order valence-electron chi connectivity index (χ3n) is 5.55. The van der Waals surface area contributed by atoms with E-state index in [1.165, 1.54) is 34.2 Å². The van der Waals surface area contributed by atoms with Gasteiger partial charge in [0.25, 0.3) is 0 Å². The van der Waals surface area contributed by atoms with Gasteiger partial charge in [-0.3, -0.25) is 0 Å². The second-order valence-corrected chi connectivity index (χ2v) is 7.14. The molecule has 0 saturated carbocycles. The van der Waals surface area contributed by atoms with Gasteiger partial charge in [0.2, 0.25) is 0 Å². The highest BCUT2D eigenvalue weighted by Crippen LogP contribution is 2.40. The topological polar surface area (TPSA) is 9.23 Å². The lowest BCUT2D eigenvalue weighted by atomic mass is 9.80. The van der Waals surface area contributed by atoms with Crippen molar-refractivity contribution in [1.82, 2.24) is 0 Å². The molecule has 2 aromatic carbocycles. The molecule has 3 rings (SSSR count). The maximum Gasteiger partial charge on any atom is 0.126 e. The van der Waals surface area contributed by atoms with Crippen molar-refractivity contribution in [3.8, 4) is 5.75 Å². The molecule has 1 nitrogen and oxygen atoms in total. The lowest BCUT2D eigenvalue weighted by Crippen LogP contribution is -2.08. The van der Waals surface area contributed by atoms with E-state index in [0.717, 1.165) is 31.4 Å². The van der Waals surface area contributed by atoms with Gasteiger partial charge in [-0.1, -0.05) is 50.3 Å². The van der Waals surface area contributed by atoms with Crippen molar-refractivity contribution in [1.29, 1.82) is 0 Å². The van der Waals surface area contributed by atoms with Crippen LogP contribution in [0, 0.1) is 6.92 Å². The van der Waals surface area contributed by atoms with Gasteiger partial charge in [0, 0.05) is 5.56 Å². The summed E-state index contributed by atoms with van der Waals surface area (Å²) in [7, 11) is 1.77. The Bertz CT molecular complexity index is 770. The first-order chi connectivity index (χ1) is 12.2. The van der Waals surface area contributed by atoms with Crippen molar-refractivity contribution in [2.24, 2.45) is 0 Å². The molecule has 1 aliphatic carbocycles. The molecule has 25 heavy (non-hydrogen) atoms. The van der Waals surface area contributed by atoms with Crippen molar-refractivity contribution < 1.29 is 4.74 Å². The van der Waals surface area contributed by atoms with Gasteiger partial charge in [-0.2, -0.15) is 0 Å². The average molecular weight is 335 g/mol. The Labute approximate surface area is 152 Å². The second kappa shape index (κ2) is 7.91. The fourth-order valence-electron chi connectivity index (χ4n) is 4.01. The lowest BCUT2D eigenvalue weighted by molar-refractivity contribution is 0.412. The lowest BCUT2D eigenvalue weighted by Gasteiger charge is -2.25. The Balaban J connectivity index is 1.83. The van der Waals surface area contributed by atoms with Gasteiger partial charge in [-0.25, -0.2) is 0 Å². The second-order valence-electron chi connectivity index (χ2n) is 7.14. The molecule has 1 heteroatoms. The van der Waals surface area contributed by atoms with Crippen molar-refractivity contribution in [3.63, 3.8) is 0 Å². The van der Waals surface area contributed by atoms with Crippen molar-refractivity contribution in [3.05, 3.63) is 70.3 Å². The molecule has 0 spiro atoms. The molecule has 0 heterocycles. The van der Waals surface area contributed by atoms with Crippen LogP contribution < -0.4 is 4.74 Å². The van der Waals surface area contributed by atoms with Gasteiger partial charge in [-0.15, -0.1) is 0 Å². The van der Waals surface area contributed by atoms with E-state index in [9.17, 15) is 0 Å². The fourth-order valence-corrected chi connectivity index (χ4v) is 4.01. The van der Waals surface area contributed by atoms with Crippen LogP contribution in [0.15, 0.2) is 42.5 Å². The van der Waals surface area contributed by atoms with E-state index in [-0.39, 0.29) is 0 Å². The largest absolute Gasteiger partial charge is 0.496 e. The molecule has 2 aromatic rings. The van der Waals surface area contributed by atoms with Gasteiger partial charge >= 0.3 is 0 Å². The summed E-state index contributed by atoms with van der Waals surface area (Å²) in [4.78, 5) is 0. The number of aryl methyl sites for hydroxylation is 3. The Hall–Kier alpha value is -2.02. The molecule has 0 bridgehead atoms. The van der Waals surface area contributed by atoms with Crippen LogP contribution in [0.5, 0.6) is 5.75 Å². The summed E-state index contributed by atoms with van der Waals surface area (Å²) in [5.41, 5.74) is 8.51. The summed E-state index contributed by atoms with van der Waals surface area (Å²) in [6, 6.07) is 13.7. The Morgan fingerprint density at radius 1 is 1.04 bits per heavy atom. The van der Waals surface area contributed by atoms with Crippen LogP contribution in [0.4, 0.5) is 0 Å². The molecular weight excluding hydrogens is 304 g/mol. The SMILES string of the molecule is CCc1ccc([C@@H]2CC=C(c3ccc(C)cc3OC)CC2)c(CC)c1. The maximum atomic E-state index is 5.61. The molecule has 132 valence electrons. The summed E-state index contributed by atoms with van der Waals surface area (Å²) >= 11 is 0. The quantitative estimate of drug-likeness (QED) is 0.608. The maximum absolute atomic E-state index is 5.61. The smallest absolute Gasteiger partial charge is 0.126 e. The number of benzene rings is 2. The van der Waals surface area contributed by atoms with Crippen LogP contribution in [-0.2, 0) is 12.8 Å². The van der Waals surface area contributed by atoms with E-state index in [1.807, 2.05) is 0 Å². The van der Waals surface area contributed by atoms with Crippen molar-refractivity contribution in [2.45, 2.75) is 58.8 Å². The summed E-state index contributed by atoms with van der Waals surface area (Å²) in [5.74, 6) is 1.66. The van der Waals surface area contributed by atoms with Crippen LogP contribution in [-0.4, -0.2) is 7.11 Å². The number of rotatable bonds is 5. The monoisotopic (exact) mass is 334 g/mol. The normalized spacial score (nSPS) is 17.3. The number of ether oxygens (including phenoxy) is 1. The summed E-state index contributed by atoms with van der Waals surface area (Å²) < 4.78 is 5.61. The van der Waals surface area contributed by atoms with E-state index >= 15 is 0 Å². The van der Waals surface area contributed by atoms with E-state index < -0.39 is 0 Å². The standard InChI is InChI=1S/C24H30O/c1-5-18-8-14-22(19(6-2)16-18)20-9-11-21(12-10-20)23-13-7-17(3)15-24(23)25-4/h7-8,11,13-16,20H,5-6,9-10,12H2,1-4H3/t20-/m1/s1. The van der Waals surface area contributed by atoms with Crippen LogP contribution in [0.25, 0.3) is 5.57 Å². The van der Waals surface area contributed by atoms with Crippen molar-refractivity contribution in [2.75, 3.05) is 7.11 Å². The number of hydrogen-bond donors (Lipinski definition) is 0. The molecule has 1 aliphatic rings. The molecule has 1 atom stereocenters. The Kier molecular flexibility index (Phi) is 5.63. The van der Waals surface area contributed by atoms with Crippen LogP contribution in [0.3, 0.4) is 0 Å². The number of hydrogen-bond acceptors (Lipinski definition) is 1. The predicted molar refractivity (Wildman–Crippen MR) is 107 cm³/mol. The van der Waals surface area contributed by atoms with E-state index in [2.05, 4.69) is 63.2 Å². The average Bonchev–Trinajstić information content (AvgIpc) is 2.67. The van der Waals surface area contributed by atoms with Gasteiger partial charge in [0.15, 0.2) is 0 Å². The minimum atomic E-state index is 0.654. The van der Waals surface area contributed by atoms with Gasteiger partial charge < -0.3 is 4.74 Å². The highest BCUT2D eigenvalue weighted by Gasteiger charge is 2.20. The molecular formula is C24H30O. The predicted octanol–water partition coefficient (Wildman–Crippen LogP) is 6.48. The summed E-state index contributed by atoms with van der Waals surface area (Å²) in [5, 5.41) is 0. The zero-order valence-corrected chi connectivity index (χ0v) is 16.1.